The van der Waals surface area contributed by atoms with Gasteiger partial charge in [-0.15, -0.1) is 0 Å². The lowest BCUT2D eigenvalue weighted by Gasteiger charge is -2.15. The second-order valence-electron chi connectivity index (χ2n) is 3.69. The summed E-state index contributed by atoms with van der Waals surface area (Å²) in [6, 6.07) is 0.827. The molecule has 20 heavy (non-hydrogen) atoms. The van der Waals surface area contributed by atoms with Crippen molar-refractivity contribution in [2.24, 2.45) is 0 Å². The van der Waals surface area contributed by atoms with Gasteiger partial charge in [0.15, 0.2) is 6.04 Å². The van der Waals surface area contributed by atoms with Gasteiger partial charge in [0, 0.05) is 12.1 Å². The van der Waals surface area contributed by atoms with Gasteiger partial charge < -0.3 is 20.5 Å². The van der Waals surface area contributed by atoms with Crippen molar-refractivity contribution >= 4 is 52.5 Å². The molecular formula is C11H11Cl3N2O4. The average molecular weight is 342 g/mol. The van der Waals surface area contributed by atoms with E-state index in [1.54, 1.807) is 0 Å². The fourth-order valence-electron chi connectivity index (χ4n) is 1.31. The van der Waals surface area contributed by atoms with Crippen molar-refractivity contribution in [3.63, 3.8) is 0 Å². The summed E-state index contributed by atoms with van der Waals surface area (Å²) in [4.78, 5) is 22.6. The molecule has 0 aromatic heterocycles. The number of rotatable bonds is 5. The molecule has 3 N–H and O–H groups in total. The van der Waals surface area contributed by atoms with Crippen LogP contribution in [-0.4, -0.2) is 36.9 Å². The van der Waals surface area contributed by atoms with Crippen LogP contribution in [0.5, 0.6) is 0 Å². The number of nitrogens with one attached hydrogen (secondary N) is 2. The molecule has 1 rings (SSSR count). The highest BCUT2D eigenvalue weighted by Crippen LogP contribution is 2.33. The lowest BCUT2D eigenvalue weighted by Crippen LogP contribution is -2.45. The van der Waals surface area contributed by atoms with E-state index in [2.05, 4.69) is 15.4 Å². The Hall–Kier alpha value is -1.21. The van der Waals surface area contributed by atoms with Crippen molar-refractivity contribution in [2.75, 3.05) is 19.0 Å². The van der Waals surface area contributed by atoms with Gasteiger partial charge in [-0.25, -0.2) is 9.59 Å². The Morgan fingerprint density at radius 2 is 1.85 bits per heavy atom. The number of hydrogen-bond donors (Lipinski definition) is 3. The van der Waals surface area contributed by atoms with E-state index >= 15 is 0 Å². The van der Waals surface area contributed by atoms with E-state index in [1.165, 1.54) is 19.2 Å². The van der Waals surface area contributed by atoms with Crippen molar-refractivity contribution in [1.82, 2.24) is 5.32 Å². The fraction of sp³-hybridized carbons (Fsp3) is 0.273. The van der Waals surface area contributed by atoms with E-state index in [9.17, 15) is 9.59 Å². The number of carbonyl (C=O) groups excluding carboxylic acids is 1. The maximum atomic E-state index is 11.7. The predicted octanol–water partition coefficient (Wildman–Crippen LogP) is 2.87. The monoisotopic (exact) mass is 340 g/mol. The van der Waals surface area contributed by atoms with Crippen LogP contribution < -0.4 is 10.6 Å². The van der Waals surface area contributed by atoms with Crippen LogP contribution in [0.2, 0.25) is 15.1 Å². The first kappa shape index (κ1) is 16.8. The minimum atomic E-state index is -1.23. The van der Waals surface area contributed by atoms with Crippen LogP contribution in [-0.2, 0) is 9.53 Å². The molecule has 9 heteroatoms. The zero-order valence-electron chi connectivity index (χ0n) is 10.2. The summed E-state index contributed by atoms with van der Waals surface area (Å²) >= 11 is 17.5. The minimum Gasteiger partial charge on any atom is -0.480 e. The molecule has 0 aliphatic carbocycles. The standard InChI is InChI=1S/C11H11Cl3N2O4/c1-20-4-8(10(17)18)15-11(19)16-9-6(13)2-5(12)3-7(9)14/h2-3,8H,4H2,1H3,(H,17,18)(H2,15,16,19). The first-order valence-corrected chi connectivity index (χ1v) is 6.42. The highest BCUT2D eigenvalue weighted by atomic mass is 35.5. The molecule has 0 saturated carbocycles. The van der Waals surface area contributed by atoms with Crippen LogP contribution in [0, 0.1) is 0 Å². The molecule has 1 aromatic rings. The van der Waals surface area contributed by atoms with Crippen LogP contribution in [0.1, 0.15) is 0 Å². The Balaban J connectivity index is 2.78. The molecule has 2 amide bonds. The first-order chi connectivity index (χ1) is 9.35. The number of carboxylic acid groups (broad SMARTS) is 1. The van der Waals surface area contributed by atoms with Crippen molar-refractivity contribution in [3.8, 4) is 0 Å². The Bertz CT molecular complexity index is 501. The van der Waals surface area contributed by atoms with Gasteiger partial charge in [-0.2, -0.15) is 0 Å². The van der Waals surface area contributed by atoms with E-state index in [4.69, 9.17) is 39.9 Å². The quantitative estimate of drug-likeness (QED) is 0.768. The van der Waals surface area contributed by atoms with E-state index < -0.39 is 18.0 Å². The number of carbonyl (C=O) groups is 2. The van der Waals surface area contributed by atoms with E-state index in [0.29, 0.717) is 5.02 Å². The van der Waals surface area contributed by atoms with E-state index in [-0.39, 0.29) is 22.3 Å². The maximum absolute atomic E-state index is 11.7. The van der Waals surface area contributed by atoms with Gasteiger partial charge >= 0.3 is 12.0 Å². The van der Waals surface area contributed by atoms with Gasteiger partial charge in [-0.1, -0.05) is 34.8 Å². The maximum Gasteiger partial charge on any atom is 0.328 e. The summed E-state index contributed by atoms with van der Waals surface area (Å²) in [5, 5.41) is 14.0. The molecule has 1 atom stereocenters. The third-order valence-corrected chi connectivity index (χ3v) is 3.00. The minimum absolute atomic E-state index is 0.135. The number of benzene rings is 1. The van der Waals surface area contributed by atoms with Crippen molar-refractivity contribution in [2.45, 2.75) is 6.04 Å². The number of hydrogen-bond acceptors (Lipinski definition) is 3. The van der Waals surface area contributed by atoms with Gasteiger partial charge in [0.25, 0.3) is 0 Å². The second kappa shape index (κ2) is 7.54. The second-order valence-corrected chi connectivity index (χ2v) is 4.94. The Morgan fingerprint density at radius 3 is 2.30 bits per heavy atom. The number of carboxylic acids is 1. The zero-order chi connectivity index (χ0) is 15.3. The number of anilines is 1. The zero-order valence-corrected chi connectivity index (χ0v) is 12.5. The highest BCUT2D eigenvalue weighted by Gasteiger charge is 2.20. The summed E-state index contributed by atoms with van der Waals surface area (Å²) in [6.45, 7) is -0.176. The van der Waals surface area contributed by atoms with Crippen molar-refractivity contribution in [1.29, 1.82) is 0 Å². The summed E-state index contributed by atoms with van der Waals surface area (Å²) in [5.74, 6) is -1.23. The number of aliphatic carboxylic acids is 1. The molecule has 0 radical (unpaired) electrons. The summed E-state index contributed by atoms with van der Waals surface area (Å²) in [6.07, 6.45) is 0. The third kappa shape index (κ3) is 4.72. The van der Waals surface area contributed by atoms with Crippen LogP contribution in [0.3, 0.4) is 0 Å². The molecule has 6 nitrogen and oxygen atoms in total. The van der Waals surface area contributed by atoms with E-state index in [1.807, 2.05) is 0 Å². The molecule has 0 aliphatic rings. The van der Waals surface area contributed by atoms with Gasteiger partial charge in [0.1, 0.15) is 0 Å². The topological polar surface area (TPSA) is 87.7 Å². The van der Waals surface area contributed by atoms with Crippen LogP contribution in [0.25, 0.3) is 0 Å². The number of halogens is 3. The van der Waals surface area contributed by atoms with Gasteiger partial charge in [0.05, 0.1) is 22.3 Å². The number of amides is 2. The highest BCUT2D eigenvalue weighted by molar-refractivity contribution is 6.42. The van der Waals surface area contributed by atoms with Crippen molar-refractivity contribution in [3.05, 3.63) is 27.2 Å². The average Bonchev–Trinajstić information content (AvgIpc) is 2.33. The lowest BCUT2D eigenvalue weighted by atomic mass is 10.3. The summed E-state index contributed by atoms with van der Waals surface area (Å²) in [5.41, 5.74) is 0.136. The number of ether oxygens (including phenoxy) is 1. The predicted molar refractivity (Wildman–Crippen MR) is 76.9 cm³/mol. The number of urea groups is 1. The molecular weight excluding hydrogens is 330 g/mol. The van der Waals surface area contributed by atoms with Gasteiger partial charge in [0.2, 0.25) is 0 Å². The summed E-state index contributed by atoms with van der Waals surface area (Å²) < 4.78 is 4.69. The Morgan fingerprint density at radius 1 is 1.30 bits per heavy atom. The summed E-state index contributed by atoms with van der Waals surface area (Å²) in [7, 11) is 1.32. The van der Waals surface area contributed by atoms with Crippen molar-refractivity contribution < 1.29 is 19.4 Å². The van der Waals surface area contributed by atoms with Crippen LogP contribution in [0.4, 0.5) is 10.5 Å². The molecule has 0 saturated heterocycles. The first-order valence-electron chi connectivity index (χ1n) is 5.29. The molecule has 0 fully saturated rings. The molecule has 1 unspecified atom stereocenters. The molecule has 0 spiro atoms. The van der Waals surface area contributed by atoms with Crippen LogP contribution >= 0.6 is 34.8 Å². The van der Waals surface area contributed by atoms with Gasteiger partial charge in [-0.3, -0.25) is 0 Å². The molecule has 110 valence electrons. The molecule has 0 aliphatic heterocycles. The van der Waals surface area contributed by atoms with E-state index in [0.717, 1.165) is 0 Å². The van der Waals surface area contributed by atoms with Crippen LogP contribution in [0.15, 0.2) is 12.1 Å². The fourth-order valence-corrected chi connectivity index (χ4v) is 2.22. The number of methoxy groups -OCH3 is 1. The van der Waals surface area contributed by atoms with Gasteiger partial charge in [-0.05, 0) is 12.1 Å². The lowest BCUT2D eigenvalue weighted by molar-refractivity contribution is -0.140. The third-order valence-electron chi connectivity index (χ3n) is 2.18. The molecule has 1 aromatic carbocycles. The SMILES string of the molecule is COCC(NC(=O)Nc1c(Cl)cc(Cl)cc1Cl)C(=O)O. The Labute approximate surface area is 129 Å². The molecule has 0 bridgehead atoms. The molecule has 0 heterocycles. The Kier molecular flexibility index (Phi) is 6.35. The smallest absolute Gasteiger partial charge is 0.328 e. The largest absolute Gasteiger partial charge is 0.480 e. The normalized spacial score (nSPS) is 11.8.